The van der Waals surface area contributed by atoms with E-state index in [4.69, 9.17) is 0 Å². The molecule has 0 saturated heterocycles. The number of pyridine rings is 1. The second-order valence-electron chi connectivity index (χ2n) is 8.87. The van der Waals surface area contributed by atoms with Crippen LogP contribution in [0.4, 0.5) is 17.3 Å². The van der Waals surface area contributed by atoms with E-state index in [1.807, 2.05) is 74.5 Å². The molecule has 198 valence electrons. The summed E-state index contributed by atoms with van der Waals surface area (Å²) in [7, 11) is 0. The Morgan fingerprint density at radius 3 is 1.73 bits per heavy atom. The molecule has 1 heterocycles. The van der Waals surface area contributed by atoms with Gasteiger partial charge >= 0.3 is 5.69 Å². The summed E-state index contributed by atoms with van der Waals surface area (Å²) < 4.78 is 0. The van der Waals surface area contributed by atoms with E-state index in [-0.39, 0.29) is 23.6 Å². The molecule has 1 aromatic heterocycles. The minimum Gasteiger partial charge on any atom is -0.387 e. The van der Waals surface area contributed by atoms with Gasteiger partial charge in [0, 0.05) is 44.3 Å². The third-order valence-corrected chi connectivity index (χ3v) is 6.08. The smallest absolute Gasteiger partial charge is 0.311 e. The van der Waals surface area contributed by atoms with E-state index in [9.17, 15) is 20.3 Å². The molecule has 0 aliphatic rings. The van der Waals surface area contributed by atoms with Crippen LogP contribution >= 0.6 is 0 Å². The molecule has 10 nitrogen and oxygen atoms in total. The monoisotopic (exact) mass is 508 g/mol. The average Bonchev–Trinajstić information content (AvgIpc) is 2.93. The summed E-state index contributed by atoms with van der Waals surface area (Å²) >= 11 is 0. The van der Waals surface area contributed by atoms with Crippen molar-refractivity contribution < 1.29 is 15.1 Å². The molecule has 0 aliphatic heterocycles. The van der Waals surface area contributed by atoms with Gasteiger partial charge in [-0.25, -0.2) is 4.98 Å². The summed E-state index contributed by atoms with van der Waals surface area (Å²) in [6.45, 7) is 5.76. The van der Waals surface area contributed by atoms with Crippen molar-refractivity contribution in [1.29, 1.82) is 0 Å². The molecule has 0 spiro atoms. The Morgan fingerprint density at radius 1 is 0.757 bits per heavy atom. The fourth-order valence-electron chi connectivity index (χ4n) is 3.90. The fourth-order valence-corrected chi connectivity index (χ4v) is 3.90. The van der Waals surface area contributed by atoms with Gasteiger partial charge in [-0.15, -0.1) is 0 Å². The quantitative estimate of drug-likeness (QED) is 0.104. The molecule has 0 fully saturated rings. The maximum Gasteiger partial charge on any atom is 0.311 e. The average molecular weight is 509 g/mol. The van der Waals surface area contributed by atoms with Gasteiger partial charge in [-0.2, -0.15) is 0 Å². The lowest BCUT2D eigenvalue weighted by Gasteiger charge is -2.21. The number of nitrogens with one attached hydrogen (secondary N) is 4. The summed E-state index contributed by atoms with van der Waals surface area (Å²) in [6, 6.07) is 21.5. The van der Waals surface area contributed by atoms with Crippen LogP contribution in [0.2, 0.25) is 0 Å². The Kier molecular flexibility index (Phi) is 10.8. The molecular formula is C27H36N6O4. The minimum absolute atomic E-state index is 0.111. The molecule has 4 atom stereocenters. The molecular weight excluding hydrogens is 472 g/mol. The highest BCUT2D eigenvalue weighted by molar-refractivity contribution is 5.60. The Hall–Kier alpha value is -3.57. The van der Waals surface area contributed by atoms with Crippen LogP contribution in [-0.4, -0.2) is 58.4 Å². The lowest BCUT2D eigenvalue weighted by molar-refractivity contribution is -0.384. The molecule has 10 heteroatoms. The SMILES string of the molecule is CC(NCCNc1ccc([N+](=O)[O-])c(NCCNC(C)C(O)c2ccccc2)n1)C(O)c1ccccc1. The Labute approximate surface area is 217 Å². The van der Waals surface area contributed by atoms with E-state index in [1.54, 1.807) is 6.07 Å². The number of hydrogen-bond acceptors (Lipinski definition) is 9. The number of hydrogen-bond donors (Lipinski definition) is 6. The van der Waals surface area contributed by atoms with Crippen molar-refractivity contribution in [3.05, 3.63) is 94.0 Å². The molecule has 0 saturated carbocycles. The fraction of sp³-hybridized carbons (Fsp3) is 0.370. The van der Waals surface area contributed by atoms with Crippen LogP contribution in [0.1, 0.15) is 37.2 Å². The van der Waals surface area contributed by atoms with Crippen LogP contribution in [-0.2, 0) is 0 Å². The van der Waals surface area contributed by atoms with Gasteiger partial charge in [0.05, 0.1) is 17.1 Å². The van der Waals surface area contributed by atoms with E-state index in [2.05, 4.69) is 26.3 Å². The zero-order chi connectivity index (χ0) is 26.6. The summed E-state index contributed by atoms with van der Waals surface area (Å²) in [4.78, 5) is 15.4. The molecule has 0 bridgehead atoms. The number of benzene rings is 2. The van der Waals surface area contributed by atoms with Crippen molar-refractivity contribution in [2.75, 3.05) is 36.8 Å². The minimum atomic E-state index is -0.661. The van der Waals surface area contributed by atoms with Crippen LogP contribution < -0.4 is 21.3 Å². The van der Waals surface area contributed by atoms with E-state index in [0.717, 1.165) is 11.1 Å². The van der Waals surface area contributed by atoms with Gasteiger partial charge in [-0.05, 0) is 31.0 Å². The summed E-state index contributed by atoms with van der Waals surface area (Å²) in [5, 5.41) is 45.1. The van der Waals surface area contributed by atoms with Gasteiger partial charge < -0.3 is 31.5 Å². The van der Waals surface area contributed by atoms with Gasteiger partial charge in [0.2, 0.25) is 5.82 Å². The second kappa shape index (κ2) is 14.2. The molecule has 0 radical (unpaired) electrons. The lowest BCUT2D eigenvalue weighted by atomic mass is 10.0. The standard InChI is InChI=1S/C27H36N6O4/c1-19(25(34)21-9-5-3-6-10-21)28-15-17-30-24-14-13-23(33(36)37)27(32-24)31-18-16-29-20(2)26(35)22-11-7-4-8-12-22/h3-14,19-20,25-26,28-29,34-35H,15-18H2,1-2H3,(H2,30,31,32). The van der Waals surface area contributed by atoms with Crippen LogP contribution in [0.15, 0.2) is 72.8 Å². The van der Waals surface area contributed by atoms with Crippen LogP contribution in [0.5, 0.6) is 0 Å². The van der Waals surface area contributed by atoms with Gasteiger partial charge in [0.25, 0.3) is 0 Å². The van der Waals surface area contributed by atoms with E-state index < -0.39 is 17.1 Å². The van der Waals surface area contributed by atoms with Crippen LogP contribution in [0.3, 0.4) is 0 Å². The largest absolute Gasteiger partial charge is 0.387 e. The highest BCUT2D eigenvalue weighted by Gasteiger charge is 2.18. The van der Waals surface area contributed by atoms with Crippen molar-refractivity contribution in [3.63, 3.8) is 0 Å². The maximum atomic E-state index is 11.5. The van der Waals surface area contributed by atoms with E-state index in [1.165, 1.54) is 6.07 Å². The van der Waals surface area contributed by atoms with Gasteiger partial charge in [0.1, 0.15) is 5.82 Å². The first-order chi connectivity index (χ1) is 17.9. The Morgan fingerprint density at radius 2 is 1.24 bits per heavy atom. The third-order valence-electron chi connectivity index (χ3n) is 6.08. The second-order valence-corrected chi connectivity index (χ2v) is 8.87. The zero-order valence-electron chi connectivity index (χ0n) is 21.2. The Bertz CT molecular complexity index is 1100. The molecule has 0 amide bonds. The van der Waals surface area contributed by atoms with Crippen molar-refractivity contribution in [2.45, 2.75) is 38.1 Å². The summed E-state index contributed by atoms with van der Waals surface area (Å²) in [5.41, 5.74) is 1.56. The van der Waals surface area contributed by atoms with Crippen molar-refractivity contribution in [2.24, 2.45) is 0 Å². The number of aromatic nitrogens is 1. The predicted octanol–water partition coefficient (Wildman–Crippen LogP) is 3.24. The Balaban J connectivity index is 1.46. The predicted molar refractivity (Wildman–Crippen MR) is 146 cm³/mol. The van der Waals surface area contributed by atoms with Gasteiger partial charge in [-0.3, -0.25) is 10.1 Å². The number of aliphatic hydroxyl groups excluding tert-OH is 2. The third kappa shape index (κ3) is 8.50. The molecule has 6 N–H and O–H groups in total. The zero-order valence-corrected chi connectivity index (χ0v) is 21.2. The molecule has 4 unspecified atom stereocenters. The normalized spacial score (nSPS) is 14.4. The number of nitro groups is 1. The highest BCUT2D eigenvalue weighted by Crippen LogP contribution is 2.24. The van der Waals surface area contributed by atoms with E-state index in [0.29, 0.717) is 32.0 Å². The summed E-state index contributed by atoms with van der Waals surface area (Å²) in [6.07, 6.45) is -1.29. The first kappa shape index (κ1) is 28.0. The van der Waals surface area contributed by atoms with Gasteiger partial charge in [-0.1, -0.05) is 60.7 Å². The molecule has 37 heavy (non-hydrogen) atoms. The number of aliphatic hydroxyl groups is 2. The topological polar surface area (TPSA) is 145 Å². The lowest BCUT2D eigenvalue weighted by Crippen LogP contribution is -2.35. The first-order valence-electron chi connectivity index (χ1n) is 12.4. The number of nitrogens with zero attached hydrogens (tertiary/aromatic N) is 2. The molecule has 3 aromatic rings. The van der Waals surface area contributed by atoms with Crippen molar-refractivity contribution >= 4 is 17.3 Å². The van der Waals surface area contributed by atoms with Gasteiger partial charge in [0.15, 0.2) is 0 Å². The van der Waals surface area contributed by atoms with E-state index >= 15 is 0 Å². The van der Waals surface area contributed by atoms with Crippen LogP contribution in [0.25, 0.3) is 0 Å². The van der Waals surface area contributed by atoms with Crippen molar-refractivity contribution in [1.82, 2.24) is 15.6 Å². The maximum absolute atomic E-state index is 11.5. The van der Waals surface area contributed by atoms with Crippen LogP contribution in [0, 0.1) is 10.1 Å². The molecule has 0 aliphatic carbocycles. The number of rotatable bonds is 15. The van der Waals surface area contributed by atoms with Crippen molar-refractivity contribution in [3.8, 4) is 0 Å². The molecule has 3 rings (SSSR count). The summed E-state index contributed by atoms with van der Waals surface area (Å²) in [5.74, 6) is 0.681. The first-order valence-corrected chi connectivity index (χ1v) is 12.4. The molecule has 2 aromatic carbocycles. The number of anilines is 2. The highest BCUT2D eigenvalue weighted by atomic mass is 16.6.